The van der Waals surface area contributed by atoms with Crippen LogP contribution < -0.4 is 5.32 Å². The number of hydrogen-bond donors (Lipinski definition) is 4. The molecule has 0 radical (unpaired) electrons. The van der Waals surface area contributed by atoms with Crippen molar-refractivity contribution in [2.75, 3.05) is 32.8 Å². The molecule has 4 N–H and O–H groups in total. The van der Waals surface area contributed by atoms with Crippen LogP contribution in [0.25, 0.3) is 0 Å². The summed E-state index contributed by atoms with van der Waals surface area (Å²) in [4.78, 5) is 13.3. The molecule has 0 unspecified atom stereocenters. The van der Waals surface area contributed by atoms with Gasteiger partial charge >= 0.3 is 5.97 Å². The summed E-state index contributed by atoms with van der Waals surface area (Å²) in [7, 11) is 0. The van der Waals surface area contributed by atoms with Crippen molar-refractivity contribution in [1.82, 2.24) is 10.2 Å². The van der Waals surface area contributed by atoms with Crippen LogP contribution in [0.3, 0.4) is 0 Å². The van der Waals surface area contributed by atoms with Gasteiger partial charge in [-0.05, 0) is 24.1 Å². The summed E-state index contributed by atoms with van der Waals surface area (Å²) >= 11 is 0. The molecule has 0 aromatic heterocycles. The number of aliphatic hydroxyl groups is 1. The highest BCUT2D eigenvalue weighted by molar-refractivity contribution is 5.90. The van der Waals surface area contributed by atoms with Crippen LogP contribution in [0.1, 0.15) is 28.4 Å². The number of aromatic hydroxyl groups is 1. The summed E-state index contributed by atoms with van der Waals surface area (Å²) in [5.74, 6) is -1.38. The molecule has 1 aromatic rings. The zero-order chi connectivity index (χ0) is 14.5. The number of aromatic carboxylic acids is 1. The predicted octanol–water partition coefficient (Wildman–Crippen LogP) is 0.419. The predicted molar refractivity (Wildman–Crippen MR) is 74.0 cm³/mol. The third-order valence-corrected chi connectivity index (χ3v) is 3.63. The Balaban J connectivity index is 2.28. The van der Waals surface area contributed by atoms with Gasteiger partial charge < -0.3 is 20.6 Å². The Morgan fingerprint density at radius 2 is 2.05 bits per heavy atom. The van der Waals surface area contributed by atoms with Crippen molar-refractivity contribution in [2.45, 2.75) is 12.5 Å². The second kappa shape index (κ2) is 6.69. The molecule has 0 saturated carbocycles. The van der Waals surface area contributed by atoms with Crippen molar-refractivity contribution < 1.29 is 20.1 Å². The number of carbonyl (C=O) groups is 1. The number of nitrogens with zero attached hydrogens (tertiary/aromatic N) is 1. The van der Waals surface area contributed by atoms with Crippen LogP contribution >= 0.6 is 0 Å². The molecule has 0 aliphatic carbocycles. The van der Waals surface area contributed by atoms with Gasteiger partial charge in [0.15, 0.2) is 0 Å². The first-order chi connectivity index (χ1) is 9.63. The van der Waals surface area contributed by atoms with Gasteiger partial charge in [0, 0.05) is 38.8 Å². The van der Waals surface area contributed by atoms with Crippen molar-refractivity contribution in [3.05, 3.63) is 29.3 Å². The van der Waals surface area contributed by atoms with Crippen LogP contribution in [-0.4, -0.2) is 59.0 Å². The van der Waals surface area contributed by atoms with E-state index in [-0.39, 0.29) is 24.0 Å². The molecule has 1 aromatic carbocycles. The number of piperazine rings is 1. The van der Waals surface area contributed by atoms with Crippen molar-refractivity contribution in [3.8, 4) is 5.75 Å². The normalized spacial score (nSPS) is 17.9. The van der Waals surface area contributed by atoms with Gasteiger partial charge in [-0.1, -0.05) is 6.07 Å². The van der Waals surface area contributed by atoms with Crippen molar-refractivity contribution in [2.24, 2.45) is 0 Å². The van der Waals surface area contributed by atoms with Crippen molar-refractivity contribution in [3.63, 3.8) is 0 Å². The van der Waals surface area contributed by atoms with E-state index in [4.69, 9.17) is 5.11 Å². The number of phenols is 1. The largest absolute Gasteiger partial charge is 0.507 e. The summed E-state index contributed by atoms with van der Waals surface area (Å²) in [5.41, 5.74) is 0.719. The molecule has 20 heavy (non-hydrogen) atoms. The summed E-state index contributed by atoms with van der Waals surface area (Å²) in [6, 6.07) is 4.61. The Bertz CT molecular complexity index is 472. The fourth-order valence-corrected chi connectivity index (χ4v) is 2.61. The van der Waals surface area contributed by atoms with Crippen LogP contribution in [0.5, 0.6) is 5.75 Å². The minimum Gasteiger partial charge on any atom is -0.507 e. The summed E-state index contributed by atoms with van der Waals surface area (Å²) in [6.45, 7) is 3.51. The third-order valence-electron chi connectivity index (χ3n) is 3.63. The molecule has 0 spiro atoms. The highest BCUT2D eigenvalue weighted by Gasteiger charge is 2.23. The van der Waals surface area contributed by atoms with Crippen LogP contribution in [0.2, 0.25) is 0 Å². The van der Waals surface area contributed by atoms with Gasteiger partial charge in [0.1, 0.15) is 11.3 Å². The van der Waals surface area contributed by atoms with Crippen molar-refractivity contribution >= 4 is 5.97 Å². The summed E-state index contributed by atoms with van der Waals surface area (Å²) in [5, 5.41) is 31.2. The number of nitrogens with one attached hydrogen (secondary N) is 1. The maximum atomic E-state index is 11.1. The molecular weight excluding hydrogens is 260 g/mol. The molecule has 6 nitrogen and oxygen atoms in total. The maximum Gasteiger partial charge on any atom is 0.339 e. The number of aliphatic hydroxyl groups excluding tert-OH is 1. The van der Waals surface area contributed by atoms with Gasteiger partial charge in [-0.3, -0.25) is 4.90 Å². The van der Waals surface area contributed by atoms with Crippen molar-refractivity contribution in [1.29, 1.82) is 0 Å². The van der Waals surface area contributed by atoms with Crippen LogP contribution in [0.15, 0.2) is 18.2 Å². The molecule has 0 bridgehead atoms. The fourth-order valence-electron chi connectivity index (χ4n) is 2.61. The summed E-state index contributed by atoms with van der Waals surface area (Å²) < 4.78 is 0. The molecule has 110 valence electrons. The van der Waals surface area contributed by atoms with Gasteiger partial charge in [0.05, 0.1) is 0 Å². The Hall–Kier alpha value is -1.63. The minimum atomic E-state index is -1.15. The molecule has 1 fully saturated rings. The zero-order valence-electron chi connectivity index (χ0n) is 11.2. The van der Waals surface area contributed by atoms with E-state index in [0.717, 1.165) is 31.7 Å². The van der Waals surface area contributed by atoms with Gasteiger partial charge in [0.2, 0.25) is 0 Å². The Morgan fingerprint density at radius 1 is 1.35 bits per heavy atom. The fraction of sp³-hybridized carbons (Fsp3) is 0.500. The molecule has 6 heteroatoms. The van der Waals surface area contributed by atoms with E-state index in [0.29, 0.717) is 6.42 Å². The Kier molecular flexibility index (Phi) is 4.94. The maximum absolute atomic E-state index is 11.1. The van der Waals surface area contributed by atoms with E-state index in [1.807, 2.05) is 0 Å². The second-order valence-electron chi connectivity index (χ2n) is 4.90. The number of hydrogen-bond acceptors (Lipinski definition) is 5. The topological polar surface area (TPSA) is 93.0 Å². The van der Waals surface area contributed by atoms with Crippen LogP contribution in [-0.2, 0) is 0 Å². The first-order valence-corrected chi connectivity index (χ1v) is 6.75. The van der Waals surface area contributed by atoms with E-state index in [2.05, 4.69) is 10.2 Å². The van der Waals surface area contributed by atoms with Crippen LogP contribution in [0, 0.1) is 0 Å². The van der Waals surface area contributed by atoms with Gasteiger partial charge in [-0.25, -0.2) is 4.79 Å². The molecule has 1 saturated heterocycles. The van der Waals surface area contributed by atoms with Gasteiger partial charge in [0.25, 0.3) is 0 Å². The molecule has 1 heterocycles. The molecular formula is C14H20N2O4. The highest BCUT2D eigenvalue weighted by Crippen LogP contribution is 2.28. The van der Waals surface area contributed by atoms with E-state index in [1.165, 1.54) is 12.1 Å². The average molecular weight is 280 g/mol. The molecule has 1 atom stereocenters. The number of benzene rings is 1. The average Bonchev–Trinajstić information content (AvgIpc) is 2.46. The molecule has 1 aliphatic rings. The lowest BCUT2D eigenvalue weighted by Gasteiger charge is -2.35. The quantitative estimate of drug-likeness (QED) is 0.624. The zero-order valence-corrected chi connectivity index (χ0v) is 11.2. The number of carboxylic acid groups (broad SMARTS) is 1. The monoisotopic (exact) mass is 280 g/mol. The number of rotatable bonds is 5. The smallest absolute Gasteiger partial charge is 0.339 e. The Morgan fingerprint density at radius 3 is 2.65 bits per heavy atom. The summed E-state index contributed by atoms with van der Waals surface area (Å²) in [6.07, 6.45) is 0.545. The minimum absolute atomic E-state index is 0.0270. The van der Waals surface area contributed by atoms with E-state index < -0.39 is 5.97 Å². The van der Waals surface area contributed by atoms with Gasteiger partial charge in [-0.2, -0.15) is 0 Å². The molecule has 1 aliphatic heterocycles. The van der Waals surface area contributed by atoms with E-state index >= 15 is 0 Å². The SMILES string of the molecule is O=C(O)c1cc([C@H](CCO)N2CCNCC2)ccc1O. The molecule has 0 amide bonds. The first kappa shape index (κ1) is 14.8. The second-order valence-corrected chi connectivity index (χ2v) is 4.90. The van der Waals surface area contributed by atoms with Gasteiger partial charge in [-0.15, -0.1) is 0 Å². The van der Waals surface area contributed by atoms with Crippen LogP contribution in [0.4, 0.5) is 0 Å². The third kappa shape index (κ3) is 3.27. The highest BCUT2D eigenvalue weighted by atomic mass is 16.4. The lowest BCUT2D eigenvalue weighted by molar-refractivity contribution is 0.0693. The lowest BCUT2D eigenvalue weighted by atomic mass is 9.98. The first-order valence-electron chi connectivity index (χ1n) is 6.75. The van der Waals surface area contributed by atoms with E-state index in [9.17, 15) is 15.0 Å². The van der Waals surface area contributed by atoms with E-state index in [1.54, 1.807) is 6.07 Å². The number of carboxylic acids is 1. The standard InChI is InChI=1S/C14H20N2O4/c17-8-3-12(16-6-4-15-5-7-16)10-1-2-13(18)11(9-10)14(19)20/h1-2,9,12,15,17-18H,3-8H2,(H,19,20)/t12-/m0/s1. The lowest BCUT2D eigenvalue weighted by Crippen LogP contribution is -2.45. The molecule has 2 rings (SSSR count). The Labute approximate surface area is 117 Å².